The van der Waals surface area contributed by atoms with Gasteiger partial charge in [0.05, 0.1) is 1.37 Å². The highest BCUT2D eigenvalue weighted by Gasteiger charge is 2.34. The van der Waals surface area contributed by atoms with Gasteiger partial charge in [0.1, 0.15) is 12.6 Å². The van der Waals surface area contributed by atoms with E-state index in [1.54, 1.807) is 24.3 Å². The summed E-state index contributed by atoms with van der Waals surface area (Å²) in [5, 5.41) is 9.29. The summed E-state index contributed by atoms with van der Waals surface area (Å²) in [7, 11) is 0. The lowest BCUT2D eigenvalue weighted by molar-refractivity contribution is -0.143. The molecule has 1 saturated carbocycles. The average Bonchev–Trinajstić information content (AvgIpc) is 2.56. The van der Waals surface area contributed by atoms with Crippen molar-refractivity contribution in [1.82, 2.24) is 4.90 Å². The molecule has 1 unspecified atom stereocenters. The van der Waals surface area contributed by atoms with Gasteiger partial charge in [0, 0.05) is 6.04 Å². The van der Waals surface area contributed by atoms with Crippen LogP contribution in [0.15, 0.2) is 30.3 Å². The lowest BCUT2D eigenvalue weighted by atomic mass is 9.93. The molecule has 1 fully saturated rings. The quantitative estimate of drug-likeness (QED) is 0.905. The van der Waals surface area contributed by atoms with E-state index < -0.39 is 24.7 Å². The number of benzene rings is 1. The van der Waals surface area contributed by atoms with Crippen LogP contribution < -0.4 is 0 Å². The van der Waals surface area contributed by atoms with E-state index in [1.807, 2.05) is 6.07 Å². The van der Waals surface area contributed by atoms with Crippen LogP contribution in [0.2, 0.25) is 0 Å². The van der Waals surface area contributed by atoms with E-state index in [-0.39, 0.29) is 6.04 Å². The van der Waals surface area contributed by atoms with Gasteiger partial charge in [-0.05, 0) is 25.3 Å². The van der Waals surface area contributed by atoms with Crippen molar-refractivity contribution in [3.63, 3.8) is 0 Å². The van der Waals surface area contributed by atoms with Crippen molar-refractivity contribution in [2.75, 3.05) is 0 Å². The summed E-state index contributed by atoms with van der Waals surface area (Å²) in [6, 6.07) is 7.66. The Morgan fingerprint density at radius 2 is 1.95 bits per heavy atom. The predicted molar refractivity (Wildman–Crippen MR) is 82.4 cm³/mol. The molecule has 22 heavy (non-hydrogen) atoms. The van der Waals surface area contributed by atoms with Crippen LogP contribution in [0.1, 0.15) is 46.0 Å². The van der Waals surface area contributed by atoms with Crippen LogP contribution in [0.25, 0.3) is 0 Å². The first-order chi connectivity index (χ1) is 11.0. The van der Waals surface area contributed by atoms with Crippen molar-refractivity contribution in [2.24, 2.45) is 0 Å². The monoisotopic (exact) mass is 306 g/mol. The van der Waals surface area contributed by atoms with Crippen molar-refractivity contribution in [3.05, 3.63) is 35.9 Å². The molecule has 0 spiro atoms. The molecule has 0 radical (unpaired) electrons. The van der Waals surface area contributed by atoms with Gasteiger partial charge in [0.25, 0.3) is 0 Å². The third kappa shape index (κ3) is 4.23. The molecule has 0 saturated heterocycles. The Kier molecular flexibility index (Phi) is 5.29. The third-order valence-corrected chi connectivity index (χ3v) is 4.05. The Bertz CT molecular complexity index is 531. The molecule has 1 amide bonds. The smallest absolute Gasteiger partial charge is 0.411 e. The summed E-state index contributed by atoms with van der Waals surface area (Å²) in [5.74, 6) is -1.06. The number of carboxylic acids is 1. The zero-order valence-electron chi connectivity index (χ0n) is 13.8. The minimum atomic E-state index is -1.16. The highest BCUT2D eigenvalue weighted by Crippen LogP contribution is 2.25. The lowest BCUT2D eigenvalue weighted by Gasteiger charge is -2.36. The van der Waals surface area contributed by atoms with E-state index in [1.165, 1.54) is 11.8 Å². The molecule has 0 aliphatic heterocycles. The van der Waals surface area contributed by atoms with E-state index in [0.29, 0.717) is 5.56 Å². The fraction of sp³-hybridized carbons (Fsp3) is 0.529. The Labute approximate surface area is 132 Å². The van der Waals surface area contributed by atoms with Crippen LogP contribution in [0.5, 0.6) is 0 Å². The summed E-state index contributed by atoms with van der Waals surface area (Å²) >= 11 is 0. The number of amides is 1. The van der Waals surface area contributed by atoms with Crippen LogP contribution in [0.4, 0.5) is 4.79 Å². The number of carboxylic acid groups (broad SMARTS) is 1. The second kappa shape index (κ2) is 7.82. The minimum absolute atomic E-state index is 0.134. The van der Waals surface area contributed by atoms with Crippen molar-refractivity contribution < 1.29 is 20.8 Å². The fourth-order valence-electron chi connectivity index (χ4n) is 2.81. The highest BCUT2D eigenvalue weighted by molar-refractivity contribution is 5.79. The molecule has 1 aromatic carbocycles. The van der Waals surface area contributed by atoms with Gasteiger partial charge in [-0.3, -0.25) is 4.90 Å². The van der Waals surface area contributed by atoms with Crippen LogP contribution in [-0.4, -0.2) is 34.2 Å². The summed E-state index contributed by atoms with van der Waals surface area (Å²) in [6.07, 6.45) is 3.89. The summed E-state index contributed by atoms with van der Waals surface area (Å²) in [5.41, 5.74) is 0.562. The van der Waals surface area contributed by atoms with Gasteiger partial charge in [-0.25, -0.2) is 9.59 Å². The first kappa shape index (κ1) is 14.9. The predicted octanol–water partition coefficient (Wildman–Crippen LogP) is 3.43. The normalized spacial score (nSPS) is 18.9. The van der Waals surface area contributed by atoms with Crippen molar-refractivity contribution in [1.29, 1.82) is 0 Å². The molecule has 2 rings (SSSR count). The van der Waals surface area contributed by atoms with Crippen molar-refractivity contribution in [3.8, 4) is 0 Å². The Morgan fingerprint density at radius 3 is 2.55 bits per heavy atom. The second-order valence-corrected chi connectivity index (χ2v) is 5.63. The number of hydrogen-bond donors (Lipinski definition) is 1. The van der Waals surface area contributed by atoms with E-state index in [4.69, 9.17) is 6.11 Å². The number of carbonyl (C=O) groups is 2. The summed E-state index contributed by atoms with van der Waals surface area (Å²) in [6.45, 7) is 0.329. The minimum Gasteiger partial charge on any atom is -0.480 e. The standard InChI is InChI=1S/C17H23NO4/c1-13(16(19)20)18(15-10-6-3-7-11-15)17(21)22-12-14-8-4-2-5-9-14/h2,4-5,8-9,13,15H,3,6-7,10-12H2,1H3,(H,19,20)/t13-/m0/s1/i12D/t12?,13-. The first-order valence-electron chi connectivity index (χ1n) is 8.27. The number of aliphatic carboxylic acids is 1. The molecule has 5 heteroatoms. The Morgan fingerprint density at radius 1 is 1.32 bits per heavy atom. The van der Waals surface area contributed by atoms with Gasteiger partial charge >= 0.3 is 12.1 Å². The zero-order chi connectivity index (χ0) is 16.8. The highest BCUT2D eigenvalue weighted by atomic mass is 16.6. The fourth-order valence-corrected chi connectivity index (χ4v) is 2.81. The van der Waals surface area contributed by atoms with E-state index in [0.717, 1.165) is 32.1 Å². The molecule has 1 aliphatic carbocycles. The molecule has 120 valence electrons. The van der Waals surface area contributed by atoms with Crippen molar-refractivity contribution in [2.45, 2.75) is 57.7 Å². The third-order valence-electron chi connectivity index (χ3n) is 4.05. The van der Waals surface area contributed by atoms with Gasteiger partial charge in [0.2, 0.25) is 0 Å². The van der Waals surface area contributed by atoms with E-state index >= 15 is 0 Å². The maximum atomic E-state index is 12.5. The average molecular weight is 306 g/mol. The Hall–Kier alpha value is -2.04. The van der Waals surface area contributed by atoms with Gasteiger partial charge in [-0.1, -0.05) is 49.6 Å². The van der Waals surface area contributed by atoms with Crippen LogP contribution in [-0.2, 0) is 16.1 Å². The number of nitrogens with zero attached hydrogens (tertiary/aromatic N) is 1. The molecule has 0 heterocycles. The molecule has 1 N–H and O–H groups in total. The maximum absolute atomic E-state index is 12.5. The molecular weight excluding hydrogens is 282 g/mol. The van der Waals surface area contributed by atoms with Gasteiger partial charge < -0.3 is 9.84 Å². The van der Waals surface area contributed by atoms with Crippen LogP contribution in [0, 0.1) is 0 Å². The molecular formula is C17H23NO4. The summed E-state index contributed by atoms with van der Waals surface area (Å²) in [4.78, 5) is 25.1. The second-order valence-electron chi connectivity index (χ2n) is 5.63. The van der Waals surface area contributed by atoms with Gasteiger partial charge in [0.15, 0.2) is 0 Å². The Balaban J connectivity index is 2.10. The van der Waals surface area contributed by atoms with E-state index in [9.17, 15) is 14.7 Å². The molecule has 1 aliphatic rings. The molecule has 0 bridgehead atoms. The van der Waals surface area contributed by atoms with Gasteiger partial charge in [-0.2, -0.15) is 0 Å². The van der Waals surface area contributed by atoms with Crippen molar-refractivity contribution >= 4 is 12.1 Å². The SMILES string of the molecule is [2H]C(OC(=O)N(C1CCCCC1)[C@@H](C)C(=O)O)c1ccccc1. The van der Waals surface area contributed by atoms with E-state index in [2.05, 4.69) is 0 Å². The molecule has 1 aromatic rings. The first-order valence-corrected chi connectivity index (χ1v) is 7.69. The summed E-state index contributed by atoms with van der Waals surface area (Å²) < 4.78 is 13.2. The maximum Gasteiger partial charge on any atom is 0.411 e. The number of ether oxygens (including phenoxy) is 1. The lowest BCUT2D eigenvalue weighted by Crippen LogP contribution is -2.50. The zero-order valence-corrected chi connectivity index (χ0v) is 12.8. The molecule has 2 atom stereocenters. The number of hydrogen-bond acceptors (Lipinski definition) is 3. The largest absolute Gasteiger partial charge is 0.480 e. The van der Waals surface area contributed by atoms with Gasteiger partial charge in [-0.15, -0.1) is 0 Å². The van der Waals surface area contributed by atoms with Crippen LogP contribution in [0.3, 0.4) is 0 Å². The van der Waals surface area contributed by atoms with Crippen LogP contribution >= 0.6 is 0 Å². The molecule has 5 nitrogen and oxygen atoms in total. The number of carbonyl (C=O) groups excluding carboxylic acids is 1. The number of rotatable bonds is 5. The topological polar surface area (TPSA) is 66.8 Å². The molecule has 0 aromatic heterocycles.